The summed E-state index contributed by atoms with van der Waals surface area (Å²) in [6.45, 7) is 0. The minimum absolute atomic E-state index is 0.584. The molecule has 6 aromatic heterocycles. The van der Waals surface area contributed by atoms with Gasteiger partial charge in [-0.05, 0) is 71.4 Å². The first kappa shape index (κ1) is 28.8. The van der Waals surface area contributed by atoms with Crippen LogP contribution in [-0.2, 0) is 0 Å². The van der Waals surface area contributed by atoms with Crippen LogP contribution in [0.1, 0.15) is 0 Å². The summed E-state index contributed by atoms with van der Waals surface area (Å²) in [5.74, 6) is 0.584. The lowest BCUT2D eigenvalue weighted by molar-refractivity contribution is 0.666. The molecule has 0 atom stereocenters. The SMILES string of the molecule is c1ccc2cc3c(cc2c1)c1c2c4cccc5c6ccccc6n(c2ccc1n3-c1nc(-c2ccc3c(c2)oc2ccccc23)c2oc3ccccc3c2n1)c54. The van der Waals surface area contributed by atoms with Gasteiger partial charge in [0, 0.05) is 54.0 Å². The molecular weight excluding hydrogens is 689 g/mol. The monoisotopic (exact) mass is 714 g/mol. The Kier molecular flexibility index (Phi) is 5.18. The van der Waals surface area contributed by atoms with Crippen LogP contribution < -0.4 is 0 Å². The lowest BCUT2D eigenvalue weighted by atomic mass is 10.0. The molecular formula is C50H26N4O2. The molecule has 14 rings (SSSR count). The Morgan fingerprint density at radius 2 is 1.09 bits per heavy atom. The summed E-state index contributed by atoms with van der Waals surface area (Å²) in [7, 11) is 0. The van der Waals surface area contributed by atoms with Gasteiger partial charge in [0.05, 0.1) is 27.6 Å². The Labute approximate surface area is 316 Å². The van der Waals surface area contributed by atoms with Gasteiger partial charge in [-0.2, -0.15) is 0 Å². The summed E-state index contributed by atoms with van der Waals surface area (Å²) >= 11 is 0. The number of furan rings is 2. The maximum atomic E-state index is 6.60. The summed E-state index contributed by atoms with van der Waals surface area (Å²) in [5.41, 5.74) is 11.2. The molecule has 6 heterocycles. The van der Waals surface area contributed by atoms with Gasteiger partial charge in [0.15, 0.2) is 5.58 Å². The molecule has 0 bridgehead atoms. The van der Waals surface area contributed by atoms with Crippen molar-refractivity contribution in [3.63, 3.8) is 0 Å². The minimum Gasteiger partial charge on any atom is -0.456 e. The van der Waals surface area contributed by atoms with Crippen molar-refractivity contribution in [2.24, 2.45) is 0 Å². The van der Waals surface area contributed by atoms with Crippen LogP contribution in [0.25, 0.3) is 132 Å². The van der Waals surface area contributed by atoms with Crippen LogP contribution >= 0.6 is 0 Å². The maximum Gasteiger partial charge on any atom is 0.236 e. The third-order valence-corrected chi connectivity index (χ3v) is 12.0. The number of benzene rings is 8. The van der Waals surface area contributed by atoms with Crippen molar-refractivity contribution in [3.05, 3.63) is 158 Å². The highest BCUT2D eigenvalue weighted by molar-refractivity contribution is 6.33. The van der Waals surface area contributed by atoms with Crippen molar-refractivity contribution < 1.29 is 8.83 Å². The van der Waals surface area contributed by atoms with Crippen LogP contribution in [0.4, 0.5) is 0 Å². The van der Waals surface area contributed by atoms with E-state index in [1.165, 1.54) is 48.9 Å². The maximum absolute atomic E-state index is 6.60. The van der Waals surface area contributed by atoms with E-state index < -0.39 is 0 Å². The predicted molar refractivity (Wildman–Crippen MR) is 229 cm³/mol. The lowest BCUT2D eigenvalue weighted by Crippen LogP contribution is -2.03. The third-order valence-electron chi connectivity index (χ3n) is 12.0. The number of fused-ring (bicyclic) bond motifs is 17. The van der Waals surface area contributed by atoms with Crippen LogP contribution in [-0.4, -0.2) is 18.9 Å². The highest BCUT2D eigenvalue weighted by atomic mass is 16.3. The third kappa shape index (κ3) is 3.52. The van der Waals surface area contributed by atoms with Crippen molar-refractivity contribution in [1.82, 2.24) is 18.9 Å². The highest BCUT2D eigenvalue weighted by Crippen LogP contribution is 2.46. The van der Waals surface area contributed by atoms with E-state index in [0.29, 0.717) is 17.2 Å². The van der Waals surface area contributed by atoms with E-state index in [1.807, 2.05) is 36.4 Å². The smallest absolute Gasteiger partial charge is 0.236 e. The molecule has 0 aliphatic carbocycles. The van der Waals surface area contributed by atoms with Crippen molar-refractivity contribution in [1.29, 1.82) is 0 Å². The molecule has 0 fully saturated rings. The largest absolute Gasteiger partial charge is 0.456 e. The molecule has 0 unspecified atom stereocenters. The second kappa shape index (κ2) is 10.1. The average molecular weight is 715 g/mol. The molecule has 0 radical (unpaired) electrons. The van der Waals surface area contributed by atoms with E-state index in [4.69, 9.17) is 18.8 Å². The second-order valence-electron chi connectivity index (χ2n) is 14.9. The molecule has 56 heavy (non-hydrogen) atoms. The van der Waals surface area contributed by atoms with Gasteiger partial charge >= 0.3 is 0 Å². The fraction of sp³-hybridized carbons (Fsp3) is 0. The van der Waals surface area contributed by atoms with E-state index >= 15 is 0 Å². The number of nitrogens with zero attached hydrogens (tertiary/aromatic N) is 4. The molecule has 0 saturated carbocycles. The summed E-state index contributed by atoms with van der Waals surface area (Å²) in [4.78, 5) is 10.9. The fourth-order valence-corrected chi connectivity index (χ4v) is 9.68. The number of hydrogen-bond acceptors (Lipinski definition) is 4. The lowest BCUT2D eigenvalue weighted by Gasteiger charge is -2.10. The van der Waals surface area contributed by atoms with Gasteiger partial charge < -0.3 is 13.2 Å². The molecule has 6 nitrogen and oxygen atoms in total. The summed E-state index contributed by atoms with van der Waals surface area (Å²) in [5, 5.41) is 12.8. The van der Waals surface area contributed by atoms with Gasteiger partial charge in [-0.3, -0.25) is 4.57 Å². The van der Waals surface area contributed by atoms with Crippen LogP contribution in [0.15, 0.2) is 167 Å². The van der Waals surface area contributed by atoms with Crippen molar-refractivity contribution >= 4 is 115 Å². The number of hydrogen-bond donors (Lipinski definition) is 0. The molecule has 8 aromatic carbocycles. The zero-order valence-corrected chi connectivity index (χ0v) is 29.6. The molecule has 0 N–H and O–H groups in total. The molecule has 14 aromatic rings. The number of para-hydroxylation sites is 4. The predicted octanol–water partition coefficient (Wildman–Crippen LogP) is 13.3. The van der Waals surface area contributed by atoms with Crippen molar-refractivity contribution in [2.75, 3.05) is 0 Å². The Morgan fingerprint density at radius 1 is 0.411 bits per heavy atom. The van der Waals surface area contributed by atoms with E-state index in [9.17, 15) is 0 Å². The first-order chi connectivity index (χ1) is 27.8. The van der Waals surface area contributed by atoms with Crippen molar-refractivity contribution in [2.45, 2.75) is 0 Å². The molecule has 0 spiro atoms. The van der Waals surface area contributed by atoms with Crippen LogP contribution in [0, 0.1) is 0 Å². The van der Waals surface area contributed by atoms with Crippen LogP contribution in [0.3, 0.4) is 0 Å². The van der Waals surface area contributed by atoms with Gasteiger partial charge in [-0.25, -0.2) is 9.97 Å². The van der Waals surface area contributed by atoms with Crippen molar-refractivity contribution in [3.8, 4) is 17.2 Å². The Morgan fingerprint density at radius 3 is 1.98 bits per heavy atom. The topological polar surface area (TPSA) is 61.4 Å². The van der Waals surface area contributed by atoms with E-state index in [1.54, 1.807) is 0 Å². The summed E-state index contributed by atoms with van der Waals surface area (Å²) < 4.78 is 17.7. The minimum atomic E-state index is 0.584. The highest BCUT2D eigenvalue weighted by Gasteiger charge is 2.25. The Hall–Kier alpha value is -7.70. The van der Waals surface area contributed by atoms with Gasteiger partial charge in [0.2, 0.25) is 5.95 Å². The van der Waals surface area contributed by atoms with Gasteiger partial charge in [-0.1, -0.05) is 97.1 Å². The van der Waals surface area contributed by atoms with Gasteiger partial charge in [0.25, 0.3) is 0 Å². The quantitative estimate of drug-likeness (QED) is 0.179. The van der Waals surface area contributed by atoms with Crippen LogP contribution in [0.5, 0.6) is 0 Å². The normalized spacial score (nSPS) is 12.6. The van der Waals surface area contributed by atoms with E-state index in [-0.39, 0.29) is 0 Å². The molecule has 0 amide bonds. The number of rotatable bonds is 2. The first-order valence-corrected chi connectivity index (χ1v) is 18.9. The van der Waals surface area contributed by atoms with Gasteiger partial charge in [0.1, 0.15) is 28.0 Å². The second-order valence-corrected chi connectivity index (χ2v) is 14.9. The van der Waals surface area contributed by atoms with Crippen LogP contribution in [0.2, 0.25) is 0 Å². The summed E-state index contributed by atoms with van der Waals surface area (Å²) in [6, 6.07) is 55.8. The standard InChI is InChI=1S/C50H26N4O2/c1-2-11-28-25-40-36(24-27(28)10-1)45-39(23-22-38-44(45)35-16-9-15-33-30-12-3-6-17-37(30)53(38)48(33)35)54(40)50-51-46(49-47(52-50)34-14-5-8-19-42(34)56-49)29-20-21-32-31-13-4-7-18-41(31)55-43(32)26-29/h1-26H. The average Bonchev–Trinajstić information content (AvgIpc) is 4.05. The van der Waals surface area contributed by atoms with E-state index in [0.717, 1.165) is 65.8 Å². The Bertz CT molecular complexity index is 4010. The Balaban J connectivity index is 1.15. The number of aromatic nitrogens is 4. The zero-order chi connectivity index (χ0) is 36.2. The molecule has 0 aliphatic heterocycles. The van der Waals surface area contributed by atoms with E-state index in [2.05, 4.69) is 130 Å². The molecule has 0 aliphatic rings. The summed E-state index contributed by atoms with van der Waals surface area (Å²) in [6.07, 6.45) is 0. The molecule has 258 valence electrons. The molecule has 0 saturated heterocycles. The fourth-order valence-electron chi connectivity index (χ4n) is 9.68. The molecule has 6 heteroatoms. The van der Waals surface area contributed by atoms with Gasteiger partial charge in [-0.15, -0.1) is 0 Å². The zero-order valence-electron chi connectivity index (χ0n) is 29.6. The first-order valence-electron chi connectivity index (χ1n) is 18.9.